The highest BCUT2D eigenvalue weighted by Crippen LogP contribution is 2.48. The van der Waals surface area contributed by atoms with Crippen molar-refractivity contribution in [3.63, 3.8) is 0 Å². The Bertz CT molecular complexity index is 1030. The summed E-state index contributed by atoms with van der Waals surface area (Å²) in [5, 5.41) is 3.37. The van der Waals surface area contributed by atoms with Crippen LogP contribution in [0.15, 0.2) is 40.7 Å². The van der Waals surface area contributed by atoms with Gasteiger partial charge in [-0.25, -0.2) is 4.79 Å². The summed E-state index contributed by atoms with van der Waals surface area (Å²) in [6.45, 7) is 7.14. The van der Waals surface area contributed by atoms with E-state index in [0.717, 1.165) is 30.5 Å². The summed E-state index contributed by atoms with van der Waals surface area (Å²) >= 11 is 0. The number of esters is 1. The number of hydrogen-bond donors (Lipinski definition) is 1. The molecule has 0 radical (unpaired) electrons. The van der Waals surface area contributed by atoms with Gasteiger partial charge in [0.2, 0.25) is 6.79 Å². The van der Waals surface area contributed by atoms with E-state index in [1.165, 1.54) is 0 Å². The first-order valence-electron chi connectivity index (χ1n) is 11.2. The van der Waals surface area contributed by atoms with Crippen molar-refractivity contribution < 1.29 is 28.5 Å². The SMILES string of the molecule is CC1=C(C(=O)OCC2CCCO2)C(c2ccc3c(c2)OCO3)C2=C(CC(C)(C)CC2=O)N1. The Morgan fingerprint density at radius 1 is 1.22 bits per heavy atom. The number of dihydropyridines is 1. The molecule has 2 unspecified atom stereocenters. The number of nitrogens with one attached hydrogen (secondary N) is 1. The van der Waals surface area contributed by atoms with Crippen LogP contribution in [0.4, 0.5) is 0 Å². The highest BCUT2D eigenvalue weighted by atomic mass is 16.7. The zero-order valence-electron chi connectivity index (χ0n) is 18.8. The summed E-state index contributed by atoms with van der Waals surface area (Å²) in [7, 11) is 0. The van der Waals surface area contributed by atoms with E-state index < -0.39 is 11.9 Å². The third-order valence-corrected chi connectivity index (χ3v) is 6.61. The first-order chi connectivity index (χ1) is 15.3. The number of rotatable bonds is 4. The van der Waals surface area contributed by atoms with Crippen molar-refractivity contribution >= 4 is 11.8 Å². The number of Topliss-reactive ketones (excluding diaryl/α,β-unsaturated/α-hetero) is 1. The topological polar surface area (TPSA) is 83.1 Å². The van der Waals surface area contributed by atoms with Crippen molar-refractivity contribution in [1.29, 1.82) is 0 Å². The van der Waals surface area contributed by atoms with Gasteiger partial charge >= 0.3 is 5.97 Å². The Balaban J connectivity index is 1.54. The summed E-state index contributed by atoms with van der Waals surface area (Å²) < 4.78 is 22.3. The van der Waals surface area contributed by atoms with Crippen molar-refractivity contribution in [3.8, 4) is 11.5 Å². The molecular formula is C25H29NO6. The fourth-order valence-corrected chi connectivity index (χ4v) is 5.15. The van der Waals surface area contributed by atoms with Crippen molar-refractivity contribution in [2.24, 2.45) is 5.41 Å². The van der Waals surface area contributed by atoms with Gasteiger partial charge in [-0.15, -0.1) is 0 Å². The van der Waals surface area contributed by atoms with Crippen LogP contribution in [0.3, 0.4) is 0 Å². The van der Waals surface area contributed by atoms with Crippen LogP contribution in [0.25, 0.3) is 0 Å². The van der Waals surface area contributed by atoms with E-state index in [-0.39, 0.29) is 30.7 Å². The second kappa shape index (κ2) is 7.96. The van der Waals surface area contributed by atoms with Gasteiger partial charge in [0.05, 0.1) is 11.7 Å². The molecular weight excluding hydrogens is 410 g/mol. The van der Waals surface area contributed by atoms with Gasteiger partial charge in [-0.1, -0.05) is 19.9 Å². The van der Waals surface area contributed by atoms with E-state index in [9.17, 15) is 9.59 Å². The first kappa shape index (κ1) is 21.1. The lowest BCUT2D eigenvalue weighted by atomic mass is 9.68. The second-order valence-corrected chi connectivity index (χ2v) is 9.78. The van der Waals surface area contributed by atoms with Crippen LogP contribution in [0.2, 0.25) is 0 Å². The Morgan fingerprint density at radius 2 is 2.03 bits per heavy atom. The zero-order valence-corrected chi connectivity index (χ0v) is 18.8. The van der Waals surface area contributed by atoms with Crippen LogP contribution in [-0.2, 0) is 19.1 Å². The maximum absolute atomic E-state index is 13.4. The lowest BCUT2D eigenvalue weighted by Gasteiger charge is -2.39. The normalized spacial score (nSPS) is 26.2. The van der Waals surface area contributed by atoms with Crippen LogP contribution in [0.5, 0.6) is 11.5 Å². The van der Waals surface area contributed by atoms with E-state index in [0.29, 0.717) is 41.4 Å². The monoisotopic (exact) mass is 439 g/mol. The fraction of sp³-hybridized carbons (Fsp3) is 0.520. The Labute approximate surface area is 187 Å². The molecule has 1 aromatic rings. The molecule has 4 aliphatic rings. The molecule has 7 heteroatoms. The fourth-order valence-electron chi connectivity index (χ4n) is 5.15. The van der Waals surface area contributed by atoms with Gasteiger partial charge < -0.3 is 24.3 Å². The minimum Gasteiger partial charge on any atom is -0.459 e. The molecule has 3 aliphatic heterocycles. The maximum atomic E-state index is 13.4. The molecule has 1 N–H and O–H groups in total. The molecule has 1 saturated heterocycles. The molecule has 0 amide bonds. The number of ketones is 1. The van der Waals surface area contributed by atoms with Crippen molar-refractivity contribution in [1.82, 2.24) is 5.32 Å². The summed E-state index contributed by atoms with van der Waals surface area (Å²) in [6, 6.07) is 5.61. The summed E-state index contributed by atoms with van der Waals surface area (Å²) in [4.78, 5) is 26.7. The molecule has 3 heterocycles. The lowest BCUT2D eigenvalue weighted by molar-refractivity contribution is -0.142. The Hall–Kier alpha value is -2.80. The number of benzene rings is 1. The van der Waals surface area contributed by atoms with E-state index in [1.54, 1.807) is 0 Å². The van der Waals surface area contributed by atoms with Gasteiger partial charge in [0, 0.05) is 35.9 Å². The first-order valence-corrected chi connectivity index (χ1v) is 11.2. The molecule has 1 aromatic carbocycles. The van der Waals surface area contributed by atoms with Crippen LogP contribution in [0, 0.1) is 5.41 Å². The third-order valence-electron chi connectivity index (χ3n) is 6.61. The molecule has 0 spiro atoms. The van der Waals surface area contributed by atoms with Crippen molar-refractivity contribution in [2.75, 3.05) is 20.0 Å². The largest absolute Gasteiger partial charge is 0.459 e. The highest BCUT2D eigenvalue weighted by Gasteiger charge is 2.43. The minimum absolute atomic E-state index is 0.0587. The summed E-state index contributed by atoms with van der Waals surface area (Å²) in [6.07, 6.45) is 2.98. The minimum atomic E-state index is -0.513. The Kier molecular flexibility index (Phi) is 5.24. The molecule has 2 atom stereocenters. The van der Waals surface area contributed by atoms with Crippen LogP contribution in [-0.4, -0.2) is 37.9 Å². The van der Waals surface area contributed by atoms with E-state index in [1.807, 2.05) is 25.1 Å². The van der Waals surface area contributed by atoms with Crippen LogP contribution >= 0.6 is 0 Å². The van der Waals surface area contributed by atoms with Gasteiger partial charge in [-0.3, -0.25) is 4.79 Å². The second-order valence-electron chi connectivity index (χ2n) is 9.78. The van der Waals surface area contributed by atoms with E-state index >= 15 is 0 Å². The van der Waals surface area contributed by atoms with Gasteiger partial charge in [0.15, 0.2) is 17.3 Å². The third kappa shape index (κ3) is 3.79. The number of allylic oxidation sites excluding steroid dienone is 3. The molecule has 32 heavy (non-hydrogen) atoms. The predicted octanol–water partition coefficient (Wildman–Crippen LogP) is 3.74. The number of carbonyl (C=O) groups is 2. The van der Waals surface area contributed by atoms with Gasteiger partial charge in [0.25, 0.3) is 0 Å². The number of ether oxygens (including phenoxy) is 4. The molecule has 5 rings (SSSR count). The van der Waals surface area contributed by atoms with E-state index in [2.05, 4.69) is 19.2 Å². The quantitative estimate of drug-likeness (QED) is 0.716. The number of carbonyl (C=O) groups excluding carboxylic acids is 2. The summed E-state index contributed by atoms with van der Waals surface area (Å²) in [5.74, 6) is 0.412. The molecule has 1 fully saturated rings. The van der Waals surface area contributed by atoms with Crippen molar-refractivity contribution in [2.45, 2.75) is 58.5 Å². The molecule has 1 aliphatic carbocycles. The average Bonchev–Trinajstić information content (AvgIpc) is 3.41. The van der Waals surface area contributed by atoms with Gasteiger partial charge in [-0.2, -0.15) is 0 Å². The van der Waals surface area contributed by atoms with Gasteiger partial charge in [0.1, 0.15) is 6.61 Å². The Morgan fingerprint density at radius 3 is 2.81 bits per heavy atom. The number of hydrogen-bond acceptors (Lipinski definition) is 7. The van der Waals surface area contributed by atoms with Gasteiger partial charge in [-0.05, 0) is 49.3 Å². The lowest BCUT2D eigenvalue weighted by Crippen LogP contribution is -2.39. The predicted molar refractivity (Wildman–Crippen MR) is 116 cm³/mol. The molecule has 0 aromatic heterocycles. The molecule has 7 nitrogen and oxygen atoms in total. The smallest absolute Gasteiger partial charge is 0.336 e. The average molecular weight is 440 g/mol. The summed E-state index contributed by atoms with van der Waals surface area (Å²) in [5.41, 5.74) is 3.41. The van der Waals surface area contributed by atoms with Crippen LogP contribution in [0.1, 0.15) is 57.9 Å². The number of fused-ring (bicyclic) bond motifs is 1. The molecule has 0 saturated carbocycles. The van der Waals surface area contributed by atoms with E-state index in [4.69, 9.17) is 18.9 Å². The molecule has 170 valence electrons. The zero-order chi connectivity index (χ0) is 22.5. The van der Waals surface area contributed by atoms with Crippen molar-refractivity contribution in [3.05, 3.63) is 46.3 Å². The highest BCUT2D eigenvalue weighted by molar-refractivity contribution is 6.04. The van der Waals surface area contributed by atoms with Crippen LogP contribution < -0.4 is 14.8 Å². The molecule has 0 bridgehead atoms. The maximum Gasteiger partial charge on any atom is 0.336 e. The standard InChI is InChI=1S/C25H29NO6/c1-14-21(24(28)30-12-16-5-4-8-29-16)22(15-6-7-19-20(9-15)32-13-31-19)23-17(26-14)10-25(2,3)11-18(23)27/h6-7,9,16,22,26H,4-5,8,10-13H2,1-3H3.